The Morgan fingerprint density at radius 2 is 1.78 bits per heavy atom. The molecule has 0 radical (unpaired) electrons. The molecule has 0 saturated carbocycles. The van der Waals surface area contributed by atoms with E-state index in [9.17, 15) is 0 Å². The number of hydrogen-bond donors (Lipinski definition) is 1. The summed E-state index contributed by atoms with van der Waals surface area (Å²) in [5, 5.41) is 7.09. The van der Waals surface area contributed by atoms with Crippen LogP contribution in [0.15, 0.2) is 42.0 Å². The van der Waals surface area contributed by atoms with Crippen LogP contribution in [0.2, 0.25) is 0 Å². The first-order valence-electron chi connectivity index (χ1n) is 8.87. The largest absolute Gasteiger partial charge is 0.309 e. The second-order valence-electron chi connectivity index (χ2n) is 6.94. The molecule has 1 heteroatoms. The molecule has 0 spiro atoms. The van der Waals surface area contributed by atoms with Gasteiger partial charge < -0.3 is 5.41 Å². The van der Waals surface area contributed by atoms with E-state index in [0.29, 0.717) is 5.92 Å². The molecule has 0 bridgehead atoms. The van der Waals surface area contributed by atoms with Crippen LogP contribution in [0.1, 0.15) is 56.7 Å². The molecular formula is C22H33N. The minimum absolute atomic E-state index is 0.626. The fourth-order valence-electron chi connectivity index (χ4n) is 3.14. The van der Waals surface area contributed by atoms with E-state index < -0.39 is 0 Å². The summed E-state index contributed by atoms with van der Waals surface area (Å²) in [5.74, 6) is 1.38. The van der Waals surface area contributed by atoms with Crippen molar-refractivity contribution >= 4 is 6.21 Å². The number of rotatable bonds is 9. The van der Waals surface area contributed by atoms with E-state index >= 15 is 0 Å². The van der Waals surface area contributed by atoms with Gasteiger partial charge in [0.25, 0.3) is 0 Å². The minimum Gasteiger partial charge on any atom is -0.309 e. The molecule has 2 atom stereocenters. The summed E-state index contributed by atoms with van der Waals surface area (Å²) in [6.45, 7) is 11.2. The van der Waals surface area contributed by atoms with Crippen molar-refractivity contribution in [2.45, 2.75) is 60.3 Å². The van der Waals surface area contributed by atoms with Gasteiger partial charge in [-0.05, 0) is 63.5 Å². The first-order chi connectivity index (χ1) is 11.0. The molecule has 126 valence electrons. The molecule has 0 amide bonds. The summed E-state index contributed by atoms with van der Waals surface area (Å²) in [7, 11) is 0. The van der Waals surface area contributed by atoms with Gasteiger partial charge in [-0.25, -0.2) is 0 Å². The lowest BCUT2D eigenvalue weighted by Crippen LogP contribution is -2.09. The van der Waals surface area contributed by atoms with Gasteiger partial charge in [-0.3, -0.25) is 0 Å². The summed E-state index contributed by atoms with van der Waals surface area (Å²) in [5.41, 5.74) is 5.62. The third-order valence-electron chi connectivity index (χ3n) is 4.66. The van der Waals surface area contributed by atoms with Crippen LogP contribution in [0, 0.1) is 31.1 Å². The molecule has 1 aromatic carbocycles. The van der Waals surface area contributed by atoms with Crippen LogP contribution in [0.5, 0.6) is 0 Å². The van der Waals surface area contributed by atoms with Gasteiger partial charge in [-0.1, -0.05) is 67.3 Å². The summed E-state index contributed by atoms with van der Waals surface area (Å²) in [4.78, 5) is 0. The lowest BCUT2D eigenvalue weighted by molar-refractivity contribution is 0.403. The maximum atomic E-state index is 7.09. The molecule has 0 saturated heterocycles. The van der Waals surface area contributed by atoms with Gasteiger partial charge in [0, 0.05) is 6.21 Å². The van der Waals surface area contributed by atoms with Crippen molar-refractivity contribution in [3.63, 3.8) is 0 Å². The van der Waals surface area contributed by atoms with Crippen LogP contribution < -0.4 is 0 Å². The first-order valence-corrected chi connectivity index (χ1v) is 8.87. The van der Waals surface area contributed by atoms with Crippen molar-refractivity contribution in [1.82, 2.24) is 0 Å². The second kappa shape index (κ2) is 10.2. The number of benzene rings is 1. The van der Waals surface area contributed by atoms with Crippen LogP contribution in [-0.4, -0.2) is 6.21 Å². The van der Waals surface area contributed by atoms with Crippen molar-refractivity contribution in [2.24, 2.45) is 11.8 Å². The molecule has 0 aliphatic rings. The van der Waals surface area contributed by atoms with Crippen molar-refractivity contribution in [1.29, 1.82) is 5.41 Å². The lowest BCUT2D eigenvalue weighted by atomic mass is 9.84. The summed E-state index contributed by atoms with van der Waals surface area (Å²) in [6.07, 6.45) is 12.1. The molecule has 0 aromatic heterocycles. The Hall–Kier alpha value is -1.63. The van der Waals surface area contributed by atoms with Crippen LogP contribution in [0.25, 0.3) is 0 Å². The van der Waals surface area contributed by atoms with Gasteiger partial charge in [0.2, 0.25) is 0 Å². The lowest BCUT2D eigenvalue weighted by Gasteiger charge is -2.21. The molecule has 2 unspecified atom stereocenters. The highest BCUT2D eigenvalue weighted by Gasteiger charge is 2.14. The van der Waals surface area contributed by atoms with Gasteiger partial charge in [0.05, 0.1) is 0 Å². The van der Waals surface area contributed by atoms with E-state index in [1.54, 1.807) is 6.08 Å². The smallest absolute Gasteiger partial charge is 0.0177 e. The third-order valence-corrected chi connectivity index (χ3v) is 4.66. The highest BCUT2D eigenvalue weighted by molar-refractivity contribution is 5.68. The Morgan fingerprint density at radius 1 is 1.13 bits per heavy atom. The zero-order valence-electron chi connectivity index (χ0n) is 15.5. The highest BCUT2D eigenvalue weighted by atomic mass is 14.3. The zero-order valence-corrected chi connectivity index (χ0v) is 15.5. The molecule has 1 aromatic rings. The van der Waals surface area contributed by atoms with Crippen molar-refractivity contribution < 1.29 is 0 Å². The topological polar surface area (TPSA) is 23.9 Å². The van der Waals surface area contributed by atoms with Crippen molar-refractivity contribution in [3.8, 4) is 0 Å². The summed E-state index contributed by atoms with van der Waals surface area (Å²) in [6, 6.07) is 6.88. The molecule has 0 aliphatic carbocycles. The third kappa shape index (κ3) is 7.45. The van der Waals surface area contributed by atoms with Gasteiger partial charge >= 0.3 is 0 Å². The van der Waals surface area contributed by atoms with Gasteiger partial charge in [-0.15, -0.1) is 0 Å². The SMILES string of the molecule is CCC(C)CC(CCc1cc(C)cc(C)c1)/C(C)=C/C=C\C=N. The molecule has 1 nitrogen and oxygen atoms in total. The summed E-state index contributed by atoms with van der Waals surface area (Å²) >= 11 is 0. The molecule has 1 rings (SSSR count). The molecular weight excluding hydrogens is 278 g/mol. The molecule has 23 heavy (non-hydrogen) atoms. The Kier molecular flexibility index (Phi) is 8.61. The van der Waals surface area contributed by atoms with Crippen LogP contribution in [0.3, 0.4) is 0 Å². The molecule has 0 aliphatic heterocycles. The van der Waals surface area contributed by atoms with Gasteiger partial charge in [0.15, 0.2) is 0 Å². The van der Waals surface area contributed by atoms with E-state index in [-0.39, 0.29) is 0 Å². The van der Waals surface area contributed by atoms with Crippen molar-refractivity contribution in [3.05, 3.63) is 58.7 Å². The fraction of sp³-hybridized carbons (Fsp3) is 0.500. The quantitative estimate of drug-likeness (QED) is 0.401. The Bertz CT molecular complexity index is 531. The number of aryl methyl sites for hydroxylation is 3. The normalized spacial score (nSPS) is 14.9. The monoisotopic (exact) mass is 311 g/mol. The predicted octanol–water partition coefficient (Wildman–Crippen LogP) is 6.44. The van der Waals surface area contributed by atoms with E-state index in [1.165, 1.54) is 47.7 Å². The maximum absolute atomic E-state index is 7.09. The Morgan fingerprint density at radius 3 is 2.35 bits per heavy atom. The number of hydrogen-bond acceptors (Lipinski definition) is 1. The van der Waals surface area contributed by atoms with E-state index in [2.05, 4.69) is 58.9 Å². The average molecular weight is 312 g/mol. The van der Waals surface area contributed by atoms with Crippen molar-refractivity contribution in [2.75, 3.05) is 0 Å². The first kappa shape index (κ1) is 19.4. The zero-order chi connectivity index (χ0) is 17.2. The predicted molar refractivity (Wildman–Crippen MR) is 103 cm³/mol. The highest BCUT2D eigenvalue weighted by Crippen LogP contribution is 2.27. The van der Waals surface area contributed by atoms with Crippen LogP contribution in [0.4, 0.5) is 0 Å². The molecule has 1 N–H and O–H groups in total. The van der Waals surface area contributed by atoms with E-state index in [0.717, 1.165) is 12.3 Å². The fourth-order valence-corrected chi connectivity index (χ4v) is 3.14. The van der Waals surface area contributed by atoms with E-state index in [4.69, 9.17) is 5.41 Å². The summed E-state index contributed by atoms with van der Waals surface area (Å²) < 4.78 is 0. The second-order valence-corrected chi connectivity index (χ2v) is 6.94. The molecule has 0 heterocycles. The Labute approximate surface area is 143 Å². The number of allylic oxidation sites excluding steroid dienone is 4. The Balaban J connectivity index is 2.81. The average Bonchev–Trinajstić information content (AvgIpc) is 2.50. The standard InChI is InChI=1S/C22H33N/c1-6-17(2)16-22(20(5)9-7-8-12-23)11-10-21-14-18(3)13-19(4)15-21/h7-9,12-15,17,22-23H,6,10-11,16H2,1-5H3/b8-7-,20-9+,23-12?. The van der Waals surface area contributed by atoms with Gasteiger partial charge in [0.1, 0.15) is 0 Å². The van der Waals surface area contributed by atoms with Crippen LogP contribution >= 0.6 is 0 Å². The van der Waals surface area contributed by atoms with E-state index in [1.807, 2.05) is 6.08 Å². The van der Waals surface area contributed by atoms with Crippen LogP contribution in [-0.2, 0) is 6.42 Å². The minimum atomic E-state index is 0.626. The number of nitrogens with one attached hydrogen (secondary N) is 1. The van der Waals surface area contributed by atoms with Gasteiger partial charge in [-0.2, -0.15) is 0 Å². The molecule has 0 fully saturated rings. The maximum Gasteiger partial charge on any atom is 0.0177 e.